The fourth-order valence-electron chi connectivity index (χ4n) is 3.46. The molecule has 34 heavy (non-hydrogen) atoms. The van der Waals surface area contributed by atoms with Crippen LogP contribution in [0.2, 0.25) is 0 Å². The van der Waals surface area contributed by atoms with Crippen LogP contribution in [0.4, 0.5) is 5.69 Å². The maximum Gasteiger partial charge on any atom is 0.338 e. The lowest BCUT2D eigenvalue weighted by molar-refractivity contribution is -0.121. The molecule has 178 valence electrons. The van der Waals surface area contributed by atoms with Crippen molar-refractivity contribution in [1.29, 1.82) is 5.26 Å². The number of amides is 2. The van der Waals surface area contributed by atoms with E-state index in [4.69, 9.17) is 15.7 Å². The molecule has 1 aromatic rings. The Kier molecular flexibility index (Phi) is 8.43. The highest BCUT2D eigenvalue weighted by atomic mass is 32.2. The number of hydrogen-bond acceptors (Lipinski definition) is 9. The van der Waals surface area contributed by atoms with Gasteiger partial charge < -0.3 is 20.7 Å². The van der Waals surface area contributed by atoms with Crippen molar-refractivity contribution in [1.82, 2.24) is 4.90 Å². The first-order chi connectivity index (χ1) is 16.3. The van der Waals surface area contributed by atoms with Crippen molar-refractivity contribution in [3.8, 4) is 6.07 Å². The molecule has 0 aliphatic carbocycles. The molecule has 10 nitrogen and oxygen atoms in total. The molecule has 1 aromatic carbocycles. The molecule has 0 aromatic heterocycles. The summed E-state index contributed by atoms with van der Waals surface area (Å²) >= 11 is 1.33. The fraction of sp³-hybridized carbons (Fsp3) is 0.391. The monoisotopic (exact) mass is 483 g/mol. The van der Waals surface area contributed by atoms with E-state index >= 15 is 0 Å². The number of nitriles is 1. The zero-order valence-corrected chi connectivity index (χ0v) is 19.5. The van der Waals surface area contributed by atoms with Crippen LogP contribution in [-0.4, -0.2) is 58.6 Å². The third-order valence-electron chi connectivity index (χ3n) is 5.25. The van der Waals surface area contributed by atoms with E-state index in [2.05, 4.69) is 15.2 Å². The summed E-state index contributed by atoms with van der Waals surface area (Å²) in [5.41, 5.74) is 5.86. The number of aliphatic imine (C=N–C) groups is 1. The lowest BCUT2D eigenvalue weighted by Gasteiger charge is -2.27. The summed E-state index contributed by atoms with van der Waals surface area (Å²) in [6.45, 7) is 2.56. The first-order valence-electron chi connectivity index (χ1n) is 10.8. The molecule has 0 saturated carbocycles. The second kappa shape index (κ2) is 11.5. The van der Waals surface area contributed by atoms with E-state index in [9.17, 15) is 19.2 Å². The van der Waals surface area contributed by atoms with Gasteiger partial charge in [0, 0.05) is 30.9 Å². The molecule has 2 heterocycles. The maximum atomic E-state index is 12.4. The fourth-order valence-corrected chi connectivity index (χ4v) is 4.57. The lowest BCUT2D eigenvalue weighted by Crippen LogP contribution is -2.33. The topological polar surface area (TPSA) is 155 Å². The van der Waals surface area contributed by atoms with Gasteiger partial charge in [0.05, 0.1) is 5.56 Å². The third kappa shape index (κ3) is 6.45. The minimum Gasteiger partial charge on any atom is -0.454 e. The number of thioether (sulfide) groups is 1. The van der Waals surface area contributed by atoms with Crippen molar-refractivity contribution < 1.29 is 23.9 Å². The van der Waals surface area contributed by atoms with E-state index in [1.165, 1.54) is 49.4 Å². The number of likely N-dealkylation sites (tertiary alicyclic amines) is 1. The molecule has 0 radical (unpaired) electrons. The van der Waals surface area contributed by atoms with Gasteiger partial charge in [0.25, 0.3) is 5.91 Å². The zero-order valence-electron chi connectivity index (χ0n) is 18.7. The second-order valence-electron chi connectivity index (χ2n) is 7.89. The minimum atomic E-state index is -0.756. The standard InChI is InChI=1S/C23H25N5O5S/c1-14(25)17(12-24)18(29)13-33-22(32)15-5-7-16(8-6-15)26-20(30)11-19-21(31)27-23(34-19)28-9-3-2-4-10-28/h5-8,19H,2-4,9-11,13,25H2,1H3,(H,26,30). The number of hydrogen-bond donors (Lipinski definition) is 2. The number of rotatable bonds is 7. The number of nitrogens with zero attached hydrogens (tertiary/aromatic N) is 3. The lowest BCUT2D eigenvalue weighted by atomic mass is 10.1. The van der Waals surface area contributed by atoms with Crippen LogP contribution >= 0.6 is 11.8 Å². The molecule has 11 heteroatoms. The molecule has 0 spiro atoms. The SMILES string of the molecule is CC(N)=C(C#N)C(=O)COC(=O)c1ccc(NC(=O)CC2SC(N3CCCCC3)=NC2=O)cc1. The smallest absolute Gasteiger partial charge is 0.338 e. The Morgan fingerprint density at radius 1 is 1.24 bits per heavy atom. The number of ketones is 1. The number of nitrogens with two attached hydrogens (primary N) is 1. The molecule has 2 amide bonds. The quantitative estimate of drug-likeness (QED) is 0.336. The highest BCUT2D eigenvalue weighted by molar-refractivity contribution is 8.15. The average molecular weight is 484 g/mol. The van der Waals surface area contributed by atoms with Crippen LogP contribution < -0.4 is 11.1 Å². The van der Waals surface area contributed by atoms with Crippen LogP contribution in [-0.2, 0) is 19.1 Å². The zero-order chi connectivity index (χ0) is 24.7. The Morgan fingerprint density at radius 2 is 1.91 bits per heavy atom. The predicted molar refractivity (Wildman–Crippen MR) is 127 cm³/mol. The Labute approximate surface area is 201 Å². The van der Waals surface area contributed by atoms with Crippen molar-refractivity contribution in [2.24, 2.45) is 10.7 Å². The van der Waals surface area contributed by atoms with Crippen molar-refractivity contribution in [2.45, 2.75) is 37.9 Å². The summed E-state index contributed by atoms with van der Waals surface area (Å²) in [6, 6.07) is 7.58. The molecule has 3 rings (SSSR count). The van der Waals surface area contributed by atoms with E-state index < -0.39 is 23.6 Å². The maximum absolute atomic E-state index is 12.4. The molecule has 1 fully saturated rings. The number of carbonyl (C=O) groups is 4. The first-order valence-corrected chi connectivity index (χ1v) is 11.7. The number of Topliss-reactive ketones (excluding diaryl/α,β-unsaturated/α-hetero) is 1. The van der Waals surface area contributed by atoms with Gasteiger partial charge in [0.1, 0.15) is 16.9 Å². The van der Waals surface area contributed by atoms with Crippen molar-refractivity contribution in [2.75, 3.05) is 25.0 Å². The first kappa shape index (κ1) is 25.0. The minimum absolute atomic E-state index is 0.00838. The number of esters is 1. The number of anilines is 1. The van der Waals surface area contributed by atoms with Gasteiger partial charge >= 0.3 is 5.97 Å². The highest BCUT2D eigenvalue weighted by Crippen LogP contribution is 2.29. The molecule has 0 bridgehead atoms. The predicted octanol–water partition coefficient (Wildman–Crippen LogP) is 1.98. The molecule has 1 unspecified atom stereocenters. The van der Waals surface area contributed by atoms with Gasteiger partial charge in [-0.3, -0.25) is 14.4 Å². The molecular weight excluding hydrogens is 458 g/mol. The molecular formula is C23H25N5O5S. The van der Waals surface area contributed by atoms with E-state index in [1.807, 2.05) is 0 Å². The van der Waals surface area contributed by atoms with Gasteiger partial charge in [0.15, 0.2) is 11.8 Å². The van der Waals surface area contributed by atoms with E-state index in [-0.39, 0.29) is 35.1 Å². The Bertz CT molecular complexity index is 1080. The second-order valence-corrected chi connectivity index (χ2v) is 9.06. The van der Waals surface area contributed by atoms with Crippen LogP contribution in [0.1, 0.15) is 43.0 Å². The van der Waals surface area contributed by atoms with Gasteiger partial charge in [-0.25, -0.2) is 4.79 Å². The van der Waals surface area contributed by atoms with Crippen LogP contribution in [0.15, 0.2) is 40.5 Å². The van der Waals surface area contributed by atoms with Crippen LogP contribution in [0.3, 0.4) is 0 Å². The van der Waals surface area contributed by atoms with Crippen molar-refractivity contribution in [3.63, 3.8) is 0 Å². The number of benzene rings is 1. The number of piperidine rings is 1. The number of allylic oxidation sites excluding steroid dienone is 1. The largest absolute Gasteiger partial charge is 0.454 e. The van der Waals surface area contributed by atoms with Gasteiger partial charge in [-0.05, 0) is 50.5 Å². The van der Waals surface area contributed by atoms with Gasteiger partial charge in [-0.15, -0.1) is 0 Å². The number of nitrogens with one attached hydrogen (secondary N) is 1. The molecule has 1 atom stereocenters. The summed E-state index contributed by atoms with van der Waals surface area (Å²) in [4.78, 5) is 54.9. The summed E-state index contributed by atoms with van der Waals surface area (Å²) < 4.78 is 4.93. The summed E-state index contributed by atoms with van der Waals surface area (Å²) in [5, 5.41) is 11.8. The molecule has 1 saturated heterocycles. The molecule has 3 N–H and O–H groups in total. The Balaban J connectivity index is 1.48. The van der Waals surface area contributed by atoms with Gasteiger partial charge in [-0.1, -0.05) is 11.8 Å². The van der Waals surface area contributed by atoms with Gasteiger partial charge in [0.2, 0.25) is 11.7 Å². The highest BCUT2D eigenvalue weighted by Gasteiger charge is 2.33. The van der Waals surface area contributed by atoms with Crippen molar-refractivity contribution >= 4 is 46.2 Å². The van der Waals surface area contributed by atoms with Gasteiger partial charge in [-0.2, -0.15) is 10.3 Å². The summed E-state index contributed by atoms with van der Waals surface area (Å²) in [5.74, 6) is -2.08. The molecule has 2 aliphatic heterocycles. The normalized spacial score (nSPS) is 18.5. The average Bonchev–Trinajstić information content (AvgIpc) is 3.18. The van der Waals surface area contributed by atoms with Crippen LogP contribution in [0, 0.1) is 11.3 Å². The number of ether oxygens (including phenoxy) is 1. The Morgan fingerprint density at radius 3 is 2.53 bits per heavy atom. The third-order valence-corrected chi connectivity index (χ3v) is 6.46. The number of amidine groups is 1. The van der Waals surface area contributed by atoms with Crippen molar-refractivity contribution in [3.05, 3.63) is 41.1 Å². The molecule has 2 aliphatic rings. The van der Waals surface area contributed by atoms with E-state index in [0.29, 0.717) is 10.9 Å². The summed E-state index contributed by atoms with van der Waals surface area (Å²) in [7, 11) is 0. The van der Waals surface area contributed by atoms with E-state index in [0.717, 1.165) is 25.9 Å². The summed E-state index contributed by atoms with van der Waals surface area (Å²) in [6.07, 6.45) is 3.32. The van der Waals surface area contributed by atoms with Crippen LogP contribution in [0.5, 0.6) is 0 Å². The van der Waals surface area contributed by atoms with E-state index in [1.54, 1.807) is 6.07 Å². The van der Waals surface area contributed by atoms with Crippen LogP contribution in [0.25, 0.3) is 0 Å². The Hall–Kier alpha value is -3.65. The number of carbonyl (C=O) groups excluding carboxylic acids is 4.